The number of rotatable bonds is 9. The van der Waals surface area contributed by atoms with Gasteiger partial charge < -0.3 is 5.32 Å². The maximum atomic E-state index is 10.9. The van der Waals surface area contributed by atoms with Gasteiger partial charge in [0.05, 0.1) is 0 Å². The fourth-order valence-electron chi connectivity index (χ4n) is 1.37. The SMILES string of the molecule is CCCCCCCCCNC(=O)C(Cl)Cl. The Hall–Kier alpha value is 0.0500. The molecular formula is C11H21Cl2NO. The molecule has 0 aromatic heterocycles. The Bertz CT molecular complexity index is 163. The van der Waals surface area contributed by atoms with Gasteiger partial charge in [0.1, 0.15) is 0 Å². The highest BCUT2D eigenvalue weighted by atomic mass is 35.5. The lowest BCUT2D eigenvalue weighted by atomic mass is 10.1. The zero-order valence-electron chi connectivity index (χ0n) is 9.40. The van der Waals surface area contributed by atoms with Crippen LogP contribution in [-0.2, 0) is 4.79 Å². The number of nitrogens with one attached hydrogen (secondary N) is 1. The summed E-state index contributed by atoms with van der Waals surface area (Å²) in [7, 11) is 0. The topological polar surface area (TPSA) is 29.1 Å². The van der Waals surface area contributed by atoms with Crippen molar-refractivity contribution in [2.24, 2.45) is 0 Å². The smallest absolute Gasteiger partial charge is 0.253 e. The molecule has 0 bridgehead atoms. The Labute approximate surface area is 103 Å². The van der Waals surface area contributed by atoms with Gasteiger partial charge in [-0.15, -0.1) is 0 Å². The van der Waals surface area contributed by atoms with Crippen molar-refractivity contribution in [2.75, 3.05) is 6.54 Å². The third-order valence-corrected chi connectivity index (χ3v) is 2.67. The van der Waals surface area contributed by atoms with Crippen molar-refractivity contribution in [2.45, 2.75) is 56.7 Å². The Balaban J connectivity index is 3.08. The van der Waals surface area contributed by atoms with Gasteiger partial charge >= 0.3 is 0 Å². The van der Waals surface area contributed by atoms with Crippen LogP contribution in [0.3, 0.4) is 0 Å². The minimum absolute atomic E-state index is 0.288. The van der Waals surface area contributed by atoms with Crippen LogP contribution in [0.4, 0.5) is 0 Å². The predicted octanol–water partition coefficient (Wildman–Crippen LogP) is 3.66. The van der Waals surface area contributed by atoms with Crippen LogP contribution in [0, 0.1) is 0 Å². The molecule has 0 heterocycles. The van der Waals surface area contributed by atoms with Crippen molar-refractivity contribution in [1.82, 2.24) is 5.32 Å². The van der Waals surface area contributed by atoms with Gasteiger partial charge in [-0.1, -0.05) is 68.7 Å². The first-order valence-electron chi connectivity index (χ1n) is 5.74. The molecule has 0 fully saturated rings. The predicted molar refractivity (Wildman–Crippen MR) is 66.5 cm³/mol. The van der Waals surface area contributed by atoms with Crippen LogP contribution in [0.25, 0.3) is 0 Å². The van der Waals surface area contributed by atoms with E-state index >= 15 is 0 Å². The molecule has 0 aliphatic carbocycles. The summed E-state index contributed by atoms with van der Waals surface area (Å²) < 4.78 is 0. The van der Waals surface area contributed by atoms with E-state index in [-0.39, 0.29) is 5.91 Å². The van der Waals surface area contributed by atoms with Gasteiger partial charge in [0.2, 0.25) is 0 Å². The molecule has 0 rings (SSSR count). The lowest BCUT2D eigenvalue weighted by Crippen LogP contribution is -2.29. The number of unbranched alkanes of at least 4 members (excludes halogenated alkanes) is 6. The average Bonchev–Trinajstić information content (AvgIpc) is 2.21. The second kappa shape index (κ2) is 10.6. The first kappa shape index (κ1) is 15.0. The van der Waals surface area contributed by atoms with Crippen LogP contribution in [0.2, 0.25) is 0 Å². The van der Waals surface area contributed by atoms with E-state index in [4.69, 9.17) is 23.2 Å². The van der Waals surface area contributed by atoms with E-state index in [0.717, 1.165) is 6.42 Å². The largest absolute Gasteiger partial charge is 0.354 e. The standard InChI is InChI=1S/C11H21Cl2NO/c1-2-3-4-5-6-7-8-9-14-11(15)10(12)13/h10H,2-9H2,1H3,(H,14,15). The van der Waals surface area contributed by atoms with Crippen molar-refractivity contribution < 1.29 is 4.79 Å². The monoisotopic (exact) mass is 253 g/mol. The van der Waals surface area contributed by atoms with E-state index in [0.29, 0.717) is 6.54 Å². The molecular weight excluding hydrogens is 233 g/mol. The molecule has 0 radical (unpaired) electrons. The Morgan fingerprint density at radius 2 is 1.60 bits per heavy atom. The van der Waals surface area contributed by atoms with E-state index in [1.165, 1.54) is 38.5 Å². The summed E-state index contributed by atoms with van der Waals surface area (Å²) in [5, 5.41) is 2.68. The van der Waals surface area contributed by atoms with Crippen LogP contribution in [0.15, 0.2) is 0 Å². The summed E-state index contributed by atoms with van der Waals surface area (Å²) in [4.78, 5) is 10.0. The molecule has 0 aromatic rings. The molecule has 0 aliphatic heterocycles. The molecule has 90 valence electrons. The van der Waals surface area contributed by atoms with E-state index in [1.807, 2.05) is 0 Å². The van der Waals surface area contributed by atoms with Crippen LogP contribution >= 0.6 is 23.2 Å². The average molecular weight is 254 g/mol. The molecule has 0 saturated heterocycles. The van der Waals surface area contributed by atoms with Crippen molar-refractivity contribution in [3.63, 3.8) is 0 Å². The molecule has 0 atom stereocenters. The van der Waals surface area contributed by atoms with Crippen molar-refractivity contribution >= 4 is 29.1 Å². The normalized spacial score (nSPS) is 10.7. The maximum Gasteiger partial charge on any atom is 0.253 e. The highest BCUT2D eigenvalue weighted by Crippen LogP contribution is 2.06. The fraction of sp³-hybridized carbons (Fsp3) is 0.909. The number of amides is 1. The van der Waals surface area contributed by atoms with Gasteiger partial charge in [-0.3, -0.25) is 4.79 Å². The molecule has 0 spiro atoms. The highest BCUT2D eigenvalue weighted by molar-refractivity contribution is 6.53. The zero-order chi connectivity index (χ0) is 11.5. The lowest BCUT2D eigenvalue weighted by Gasteiger charge is -2.05. The molecule has 2 nitrogen and oxygen atoms in total. The van der Waals surface area contributed by atoms with Gasteiger partial charge in [-0.05, 0) is 6.42 Å². The van der Waals surface area contributed by atoms with Crippen molar-refractivity contribution in [1.29, 1.82) is 0 Å². The molecule has 0 unspecified atom stereocenters. The van der Waals surface area contributed by atoms with Gasteiger partial charge in [-0.25, -0.2) is 0 Å². The Kier molecular flexibility index (Phi) is 10.6. The van der Waals surface area contributed by atoms with Crippen molar-refractivity contribution in [3.8, 4) is 0 Å². The number of alkyl halides is 2. The van der Waals surface area contributed by atoms with E-state index in [1.54, 1.807) is 0 Å². The first-order chi connectivity index (χ1) is 7.18. The fourth-order valence-corrected chi connectivity index (χ4v) is 1.53. The molecule has 0 saturated carbocycles. The summed E-state index contributed by atoms with van der Waals surface area (Å²) in [5.74, 6) is -0.288. The summed E-state index contributed by atoms with van der Waals surface area (Å²) >= 11 is 10.8. The summed E-state index contributed by atoms with van der Waals surface area (Å²) in [6.07, 6.45) is 8.67. The lowest BCUT2D eigenvalue weighted by molar-refractivity contribution is -0.119. The molecule has 1 amide bonds. The van der Waals surface area contributed by atoms with E-state index in [2.05, 4.69) is 12.2 Å². The van der Waals surface area contributed by atoms with Gasteiger partial charge in [-0.2, -0.15) is 0 Å². The molecule has 0 aliphatic rings. The molecule has 0 aromatic carbocycles. The first-order valence-corrected chi connectivity index (χ1v) is 6.61. The zero-order valence-corrected chi connectivity index (χ0v) is 10.9. The second-order valence-electron chi connectivity index (χ2n) is 3.71. The van der Waals surface area contributed by atoms with Crippen LogP contribution in [0.1, 0.15) is 51.9 Å². The number of carbonyl (C=O) groups excluding carboxylic acids is 1. The summed E-state index contributed by atoms with van der Waals surface area (Å²) in [6, 6.07) is 0. The Morgan fingerprint density at radius 3 is 2.13 bits per heavy atom. The van der Waals surface area contributed by atoms with Crippen LogP contribution in [-0.4, -0.2) is 17.3 Å². The van der Waals surface area contributed by atoms with Crippen LogP contribution in [0.5, 0.6) is 0 Å². The van der Waals surface area contributed by atoms with Crippen LogP contribution < -0.4 is 5.32 Å². The quantitative estimate of drug-likeness (QED) is 0.493. The number of hydrogen-bond acceptors (Lipinski definition) is 1. The second-order valence-corrected chi connectivity index (χ2v) is 4.81. The highest BCUT2D eigenvalue weighted by Gasteiger charge is 2.09. The third kappa shape index (κ3) is 10.3. The minimum atomic E-state index is -0.936. The van der Waals surface area contributed by atoms with E-state index in [9.17, 15) is 4.79 Å². The molecule has 1 N–H and O–H groups in total. The molecule has 4 heteroatoms. The number of halogens is 2. The Morgan fingerprint density at radius 1 is 1.07 bits per heavy atom. The summed E-state index contributed by atoms with van der Waals surface area (Å²) in [5.41, 5.74) is 0. The third-order valence-electron chi connectivity index (χ3n) is 2.28. The van der Waals surface area contributed by atoms with E-state index < -0.39 is 4.84 Å². The number of hydrogen-bond donors (Lipinski definition) is 1. The summed E-state index contributed by atoms with van der Waals surface area (Å²) in [6.45, 7) is 2.90. The van der Waals surface area contributed by atoms with Crippen molar-refractivity contribution in [3.05, 3.63) is 0 Å². The molecule has 15 heavy (non-hydrogen) atoms. The maximum absolute atomic E-state index is 10.9. The number of carbonyl (C=O) groups is 1. The minimum Gasteiger partial charge on any atom is -0.354 e. The van der Waals surface area contributed by atoms with Gasteiger partial charge in [0, 0.05) is 6.54 Å². The van der Waals surface area contributed by atoms with Gasteiger partial charge in [0.15, 0.2) is 4.84 Å². The van der Waals surface area contributed by atoms with Gasteiger partial charge in [0.25, 0.3) is 5.91 Å².